The molecule has 28 heavy (non-hydrogen) atoms. The van der Waals surface area contributed by atoms with Crippen molar-refractivity contribution in [3.63, 3.8) is 0 Å². The van der Waals surface area contributed by atoms with Gasteiger partial charge in [0.15, 0.2) is 9.84 Å². The third kappa shape index (κ3) is 4.51. The van der Waals surface area contributed by atoms with E-state index in [4.69, 9.17) is 9.15 Å². The van der Waals surface area contributed by atoms with Crippen LogP contribution in [0.5, 0.6) is 0 Å². The van der Waals surface area contributed by atoms with Crippen LogP contribution in [0.4, 0.5) is 0 Å². The molecule has 0 aliphatic carbocycles. The number of aryl methyl sites for hydroxylation is 1. The second-order valence-corrected chi connectivity index (χ2v) is 9.09. The first-order chi connectivity index (χ1) is 13.3. The molecule has 150 valence electrons. The molecule has 3 rings (SSSR count). The van der Waals surface area contributed by atoms with Gasteiger partial charge in [0.1, 0.15) is 5.76 Å². The molecule has 0 amide bonds. The van der Waals surface area contributed by atoms with E-state index in [0.717, 1.165) is 11.3 Å². The van der Waals surface area contributed by atoms with Crippen molar-refractivity contribution in [1.82, 2.24) is 9.88 Å². The molecule has 0 bridgehead atoms. The molecule has 1 aliphatic rings. The minimum absolute atomic E-state index is 0.0399. The van der Waals surface area contributed by atoms with E-state index in [1.54, 1.807) is 30.3 Å². The van der Waals surface area contributed by atoms with Crippen LogP contribution in [-0.2, 0) is 21.1 Å². The fourth-order valence-corrected chi connectivity index (χ4v) is 5.09. The summed E-state index contributed by atoms with van der Waals surface area (Å²) in [6.45, 7) is 6.69. The third-order valence-corrected chi connectivity index (χ3v) is 6.64. The van der Waals surface area contributed by atoms with Gasteiger partial charge in [-0.3, -0.25) is 4.90 Å². The van der Waals surface area contributed by atoms with E-state index in [9.17, 15) is 13.2 Å². The van der Waals surface area contributed by atoms with Gasteiger partial charge in [0, 0.05) is 24.7 Å². The van der Waals surface area contributed by atoms with E-state index in [0.29, 0.717) is 36.7 Å². The Kier molecular flexibility index (Phi) is 6.00. The fraction of sp³-hybridized carbons (Fsp3) is 0.400. The van der Waals surface area contributed by atoms with Gasteiger partial charge in [-0.1, -0.05) is 6.08 Å². The van der Waals surface area contributed by atoms with Gasteiger partial charge in [0.05, 0.1) is 29.9 Å². The Morgan fingerprint density at radius 2 is 2.11 bits per heavy atom. The number of ether oxygens (including phenoxy) is 1. The Hall–Kier alpha value is -2.45. The minimum atomic E-state index is -2.97. The lowest BCUT2D eigenvalue weighted by molar-refractivity contribution is 0.0600. The van der Waals surface area contributed by atoms with E-state index < -0.39 is 15.8 Å². The lowest BCUT2D eigenvalue weighted by atomic mass is 10.1. The molecule has 0 unspecified atom stereocenters. The normalized spacial score (nSPS) is 18.3. The molecular formula is C20H24N2O5S. The van der Waals surface area contributed by atoms with E-state index >= 15 is 0 Å². The van der Waals surface area contributed by atoms with Crippen LogP contribution in [-0.4, -0.2) is 55.5 Å². The average molecular weight is 404 g/mol. The highest BCUT2D eigenvalue weighted by Gasteiger charge is 2.32. The number of nitrogens with zero attached hydrogens (tertiary/aromatic N) is 2. The average Bonchev–Trinajstić information content (AvgIpc) is 3.23. The van der Waals surface area contributed by atoms with Gasteiger partial charge in [0.25, 0.3) is 0 Å². The van der Waals surface area contributed by atoms with Gasteiger partial charge < -0.3 is 9.15 Å². The number of esters is 1. The molecule has 1 aliphatic heterocycles. The SMILES string of the molecule is C=CCN(Cc1nc(-c2ccc(C(=O)OC)cc2)oc1C)[C@H]1CCS(=O)(=O)C1. The molecule has 0 saturated carbocycles. The summed E-state index contributed by atoms with van der Waals surface area (Å²) in [6, 6.07) is 6.79. The van der Waals surface area contributed by atoms with Gasteiger partial charge in [0.2, 0.25) is 5.89 Å². The maximum Gasteiger partial charge on any atom is 0.337 e. The molecule has 8 heteroatoms. The first kappa shape index (κ1) is 20.3. The van der Waals surface area contributed by atoms with Crippen LogP contribution >= 0.6 is 0 Å². The topological polar surface area (TPSA) is 89.7 Å². The first-order valence-electron chi connectivity index (χ1n) is 9.03. The quantitative estimate of drug-likeness (QED) is 0.517. The molecule has 1 aromatic carbocycles. The number of rotatable bonds is 7. The highest BCUT2D eigenvalue weighted by atomic mass is 32.2. The summed E-state index contributed by atoms with van der Waals surface area (Å²) in [7, 11) is -1.63. The molecule has 2 heterocycles. The summed E-state index contributed by atoms with van der Waals surface area (Å²) in [4.78, 5) is 18.2. The van der Waals surface area contributed by atoms with Crippen LogP contribution < -0.4 is 0 Å². The zero-order chi connectivity index (χ0) is 20.3. The van der Waals surface area contributed by atoms with Crippen molar-refractivity contribution in [2.24, 2.45) is 0 Å². The van der Waals surface area contributed by atoms with Crippen molar-refractivity contribution in [2.75, 3.05) is 25.2 Å². The van der Waals surface area contributed by atoms with Crippen molar-refractivity contribution in [3.8, 4) is 11.5 Å². The number of oxazole rings is 1. The number of hydrogen-bond acceptors (Lipinski definition) is 7. The summed E-state index contributed by atoms with van der Waals surface area (Å²) in [5.74, 6) is 1.13. The Morgan fingerprint density at radius 3 is 2.68 bits per heavy atom. The van der Waals surface area contributed by atoms with Gasteiger partial charge in [-0.05, 0) is 37.6 Å². The number of carbonyl (C=O) groups is 1. The molecule has 1 fully saturated rings. The molecular weight excluding hydrogens is 380 g/mol. The highest BCUT2D eigenvalue weighted by Crippen LogP contribution is 2.25. The number of methoxy groups -OCH3 is 1. The third-order valence-electron chi connectivity index (χ3n) is 4.89. The lowest BCUT2D eigenvalue weighted by Crippen LogP contribution is -2.36. The van der Waals surface area contributed by atoms with Crippen molar-refractivity contribution in [1.29, 1.82) is 0 Å². The maximum atomic E-state index is 11.8. The van der Waals surface area contributed by atoms with Crippen molar-refractivity contribution < 1.29 is 22.4 Å². The Bertz CT molecular complexity index is 963. The van der Waals surface area contributed by atoms with Gasteiger partial charge in [-0.25, -0.2) is 18.2 Å². The Labute approximate surface area is 164 Å². The molecule has 0 spiro atoms. The number of carbonyl (C=O) groups excluding carboxylic acids is 1. The first-order valence-corrected chi connectivity index (χ1v) is 10.9. The van der Waals surface area contributed by atoms with Crippen molar-refractivity contribution >= 4 is 15.8 Å². The van der Waals surface area contributed by atoms with E-state index in [1.165, 1.54) is 7.11 Å². The summed E-state index contributed by atoms with van der Waals surface area (Å²) in [5.41, 5.74) is 1.97. The molecule has 7 nitrogen and oxygen atoms in total. The van der Waals surface area contributed by atoms with E-state index in [1.807, 2.05) is 6.92 Å². The second-order valence-electron chi connectivity index (χ2n) is 6.87. The minimum Gasteiger partial charge on any atom is -0.465 e. The molecule has 0 N–H and O–H groups in total. The number of aromatic nitrogens is 1. The monoisotopic (exact) mass is 404 g/mol. The Balaban J connectivity index is 1.79. The maximum absolute atomic E-state index is 11.8. The van der Waals surface area contributed by atoms with Crippen LogP contribution in [0.3, 0.4) is 0 Å². The summed E-state index contributed by atoms with van der Waals surface area (Å²) >= 11 is 0. The summed E-state index contributed by atoms with van der Waals surface area (Å²) in [6.07, 6.45) is 2.39. The predicted molar refractivity (Wildman–Crippen MR) is 106 cm³/mol. The fourth-order valence-electron chi connectivity index (χ4n) is 3.33. The van der Waals surface area contributed by atoms with Crippen molar-refractivity contribution in [2.45, 2.75) is 25.9 Å². The smallest absolute Gasteiger partial charge is 0.337 e. The molecule has 1 aromatic heterocycles. The van der Waals surface area contributed by atoms with Crippen LogP contribution in [0, 0.1) is 6.92 Å². The number of hydrogen-bond donors (Lipinski definition) is 0. The van der Waals surface area contributed by atoms with Crippen LogP contribution in [0.15, 0.2) is 41.3 Å². The van der Waals surface area contributed by atoms with E-state index in [-0.39, 0.29) is 17.5 Å². The van der Waals surface area contributed by atoms with Crippen LogP contribution in [0.1, 0.15) is 28.2 Å². The standard InChI is InChI=1S/C20H24N2O5S/c1-4-10-22(17-9-11-28(24,25)13-17)12-18-14(2)27-19(21-18)15-5-7-16(8-6-15)20(23)26-3/h4-8,17H,1,9-13H2,2-3H3/t17-/m0/s1. The zero-order valence-corrected chi connectivity index (χ0v) is 16.9. The number of benzene rings is 1. The Morgan fingerprint density at radius 1 is 1.39 bits per heavy atom. The van der Waals surface area contributed by atoms with Gasteiger partial charge in [-0.15, -0.1) is 6.58 Å². The lowest BCUT2D eigenvalue weighted by Gasteiger charge is -2.25. The molecule has 1 atom stereocenters. The summed E-state index contributed by atoms with van der Waals surface area (Å²) in [5, 5.41) is 0. The highest BCUT2D eigenvalue weighted by molar-refractivity contribution is 7.91. The second kappa shape index (κ2) is 8.28. The van der Waals surface area contributed by atoms with Gasteiger partial charge in [-0.2, -0.15) is 0 Å². The number of sulfone groups is 1. The largest absolute Gasteiger partial charge is 0.465 e. The van der Waals surface area contributed by atoms with Crippen molar-refractivity contribution in [3.05, 3.63) is 53.9 Å². The molecule has 1 saturated heterocycles. The summed E-state index contributed by atoms with van der Waals surface area (Å²) < 4.78 is 34.2. The molecule has 2 aromatic rings. The van der Waals surface area contributed by atoms with E-state index in [2.05, 4.69) is 16.5 Å². The van der Waals surface area contributed by atoms with Crippen LogP contribution in [0.25, 0.3) is 11.5 Å². The molecule has 0 radical (unpaired) electrons. The van der Waals surface area contributed by atoms with Crippen LogP contribution in [0.2, 0.25) is 0 Å². The predicted octanol–water partition coefficient (Wildman–Crippen LogP) is 2.61. The zero-order valence-electron chi connectivity index (χ0n) is 16.1. The van der Waals surface area contributed by atoms with Gasteiger partial charge >= 0.3 is 5.97 Å².